The molecule has 0 fully saturated rings. The second-order valence-electron chi connectivity index (χ2n) is 4.06. The molecule has 1 aromatic rings. The van der Waals surface area contributed by atoms with Crippen LogP contribution in [0, 0.1) is 11.3 Å². The third-order valence-electron chi connectivity index (χ3n) is 2.60. The van der Waals surface area contributed by atoms with Gasteiger partial charge in [0.2, 0.25) is 5.82 Å². The van der Waals surface area contributed by atoms with E-state index in [2.05, 4.69) is 14.7 Å². The average molecular weight is 357 g/mol. The van der Waals surface area contributed by atoms with Crippen LogP contribution in [0.3, 0.4) is 0 Å². The summed E-state index contributed by atoms with van der Waals surface area (Å²) >= 11 is 10.9. The van der Waals surface area contributed by atoms with Gasteiger partial charge in [-0.1, -0.05) is 29.9 Å². The van der Waals surface area contributed by atoms with Gasteiger partial charge in [0.15, 0.2) is 5.69 Å². The minimum absolute atomic E-state index is 0.00169. The predicted molar refractivity (Wildman–Crippen MR) is 85.1 cm³/mol. The lowest BCUT2D eigenvalue weighted by atomic mass is 10.2. The fraction of sp³-hybridized carbons (Fsp3) is 0.167. The van der Waals surface area contributed by atoms with E-state index in [-0.39, 0.29) is 38.6 Å². The Morgan fingerprint density at radius 3 is 2.91 bits per heavy atom. The molecule has 0 unspecified atom stereocenters. The van der Waals surface area contributed by atoms with Crippen LogP contribution < -0.4 is 9.46 Å². The normalized spacial score (nSPS) is 14.7. The van der Waals surface area contributed by atoms with E-state index in [1.54, 1.807) is 12.1 Å². The number of hydrogen-bond donors (Lipinski definition) is 1. The van der Waals surface area contributed by atoms with Gasteiger partial charge in [-0.3, -0.25) is 4.72 Å². The van der Waals surface area contributed by atoms with E-state index in [9.17, 15) is 8.42 Å². The van der Waals surface area contributed by atoms with E-state index in [0.717, 1.165) is 6.20 Å². The van der Waals surface area contributed by atoms with Gasteiger partial charge in [0.05, 0.1) is 13.3 Å². The third kappa shape index (κ3) is 3.41. The predicted octanol–water partition coefficient (Wildman–Crippen LogP) is 1.88. The highest BCUT2D eigenvalue weighted by molar-refractivity contribution is 7.99. The van der Waals surface area contributed by atoms with E-state index in [0.29, 0.717) is 0 Å². The van der Waals surface area contributed by atoms with Gasteiger partial charge < -0.3 is 4.74 Å². The van der Waals surface area contributed by atoms with Crippen LogP contribution in [0.15, 0.2) is 28.3 Å². The Balaban J connectivity index is 2.40. The number of hydrogen-bond acceptors (Lipinski definition) is 7. The summed E-state index contributed by atoms with van der Waals surface area (Å²) in [6, 6.07) is 1.78. The number of allylic oxidation sites excluding steroid dienone is 4. The first kappa shape index (κ1) is 16.4. The first-order valence-corrected chi connectivity index (χ1v) is 8.09. The summed E-state index contributed by atoms with van der Waals surface area (Å²) in [6.07, 6.45) is 4.27. The molecule has 0 saturated heterocycles. The third-order valence-corrected chi connectivity index (χ3v) is 4.78. The van der Waals surface area contributed by atoms with Crippen molar-refractivity contribution in [2.75, 3.05) is 11.8 Å². The number of sulfonamides is 1. The van der Waals surface area contributed by atoms with Crippen LogP contribution in [0.25, 0.3) is 0 Å². The molecule has 0 aromatic carbocycles. The summed E-state index contributed by atoms with van der Waals surface area (Å²) < 4.78 is 31.9. The Bertz CT molecular complexity index is 840. The molecule has 0 atom stereocenters. The number of thiocarbonyl (C=S) groups is 1. The zero-order valence-electron chi connectivity index (χ0n) is 11.2. The molecule has 0 bridgehead atoms. The second-order valence-corrected chi connectivity index (χ2v) is 6.64. The van der Waals surface area contributed by atoms with Crippen molar-refractivity contribution in [1.82, 2.24) is 9.97 Å². The molecule has 1 heterocycles. The maximum Gasteiger partial charge on any atom is 0.264 e. The van der Waals surface area contributed by atoms with Crippen LogP contribution in [0.5, 0.6) is 5.88 Å². The molecule has 0 amide bonds. The van der Waals surface area contributed by atoms with Crippen molar-refractivity contribution in [3.63, 3.8) is 0 Å². The number of nitriles is 1. The smallest absolute Gasteiger partial charge is 0.264 e. The van der Waals surface area contributed by atoms with Crippen molar-refractivity contribution in [1.29, 1.82) is 5.26 Å². The Hall–Kier alpha value is -2.02. The van der Waals surface area contributed by atoms with Crippen molar-refractivity contribution in [2.45, 2.75) is 6.42 Å². The van der Waals surface area contributed by atoms with E-state index >= 15 is 0 Å². The summed E-state index contributed by atoms with van der Waals surface area (Å²) in [5, 5.41) is 9.04. The van der Waals surface area contributed by atoms with Crippen molar-refractivity contribution < 1.29 is 13.2 Å². The van der Waals surface area contributed by atoms with Gasteiger partial charge >= 0.3 is 0 Å². The number of ether oxygens (including phenoxy) is 1. The number of anilines is 1. The number of aromatic nitrogens is 2. The highest BCUT2D eigenvalue weighted by Crippen LogP contribution is 2.26. The van der Waals surface area contributed by atoms with E-state index in [1.807, 2.05) is 0 Å². The molecule has 0 spiro atoms. The monoisotopic (exact) mass is 356 g/mol. The van der Waals surface area contributed by atoms with Crippen molar-refractivity contribution >= 4 is 44.5 Å². The van der Waals surface area contributed by atoms with Crippen LogP contribution in [-0.2, 0) is 10.0 Å². The molecule has 0 aliphatic heterocycles. The molecule has 1 N–H and O–H groups in total. The first-order chi connectivity index (χ1) is 10.4. The van der Waals surface area contributed by atoms with Crippen molar-refractivity contribution in [3.8, 4) is 11.9 Å². The molecular weight excluding hydrogens is 348 g/mol. The summed E-state index contributed by atoms with van der Waals surface area (Å²) in [6.45, 7) is 0. The summed E-state index contributed by atoms with van der Waals surface area (Å²) in [5.41, 5.74) is -0.00169. The average Bonchev–Trinajstić information content (AvgIpc) is 2.49. The van der Waals surface area contributed by atoms with Crippen LogP contribution in [-0.4, -0.2) is 30.4 Å². The molecule has 22 heavy (non-hydrogen) atoms. The molecule has 10 heteroatoms. The second kappa shape index (κ2) is 6.39. The minimum Gasteiger partial charge on any atom is -0.478 e. The lowest BCUT2D eigenvalue weighted by Gasteiger charge is -2.15. The van der Waals surface area contributed by atoms with Crippen molar-refractivity contribution in [3.05, 3.63) is 34.0 Å². The van der Waals surface area contributed by atoms with E-state index < -0.39 is 10.0 Å². The summed E-state index contributed by atoms with van der Waals surface area (Å²) in [7, 11) is -2.71. The fourth-order valence-corrected chi connectivity index (χ4v) is 3.50. The standard InChI is InChI=1S/C12H9ClN4O3S2/c1-20-12-11(15-6-8(5-14)16-12)17-22(18,19)10-4-7(13)2-3-9(10)21/h2,4,6H,3H2,1H3,(H,15,17). The van der Waals surface area contributed by atoms with Gasteiger partial charge in [-0.05, 0) is 6.08 Å². The van der Waals surface area contributed by atoms with Gasteiger partial charge in [-0.15, -0.1) is 0 Å². The Labute approximate surface area is 137 Å². The maximum absolute atomic E-state index is 12.4. The zero-order chi connectivity index (χ0) is 16.3. The lowest BCUT2D eigenvalue weighted by Crippen LogP contribution is -2.22. The van der Waals surface area contributed by atoms with E-state index in [1.165, 1.54) is 13.2 Å². The first-order valence-electron chi connectivity index (χ1n) is 5.82. The van der Waals surface area contributed by atoms with Crippen molar-refractivity contribution in [2.24, 2.45) is 0 Å². The molecule has 114 valence electrons. The Kier molecular flexibility index (Phi) is 4.75. The lowest BCUT2D eigenvalue weighted by molar-refractivity contribution is 0.398. The van der Waals surface area contributed by atoms with Gasteiger partial charge in [-0.25, -0.2) is 13.4 Å². The van der Waals surface area contributed by atoms with Gasteiger partial charge in [0.1, 0.15) is 11.0 Å². The summed E-state index contributed by atoms with van der Waals surface area (Å²) in [5.74, 6) is -0.262. The molecule has 0 saturated carbocycles. The minimum atomic E-state index is -3.99. The van der Waals surface area contributed by atoms with Crippen LogP contribution in [0.2, 0.25) is 0 Å². The fourth-order valence-electron chi connectivity index (χ4n) is 1.60. The zero-order valence-corrected chi connectivity index (χ0v) is 13.6. The quantitative estimate of drug-likeness (QED) is 0.821. The highest BCUT2D eigenvalue weighted by Gasteiger charge is 2.26. The largest absolute Gasteiger partial charge is 0.478 e. The Morgan fingerprint density at radius 2 is 2.27 bits per heavy atom. The van der Waals surface area contributed by atoms with Gasteiger partial charge in [0.25, 0.3) is 15.9 Å². The maximum atomic E-state index is 12.4. The Morgan fingerprint density at radius 1 is 1.55 bits per heavy atom. The van der Waals surface area contributed by atoms with Gasteiger partial charge in [0, 0.05) is 16.3 Å². The van der Waals surface area contributed by atoms with E-state index in [4.69, 9.17) is 33.8 Å². The summed E-state index contributed by atoms with van der Waals surface area (Å²) in [4.78, 5) is 7.76. The topological polar surface area (TPSA) is 105 Å². The number of nitrogens with zero attached hydrogens (tertiary/aromatic N) is 3. The molecule has 1 aliphatic rings. The van der Waals surface area contributed by atoms with Gasteiger partial charge in [-0.2, -0.15) is 10.2 Å². The SMILES string of the molecule is COc1nc(C#N)cnc1NS(=O)(=O)C1=CC(Cl)=CCC1=S. The van der Waals surface area contributed by atoms with Crippen LogP contribution in [0.4, 0.5) is 5.82 Å². The molecule has 2 rings (SSSR count). The number of halogens is 1. The van der Waals surface area contributed by atoms with Crippen LogP contribution >= 0.6 is 23.8 Å². The molecule has 7 nitrogen and oxygen atoms in total. The number of rotatable bonds is 4. The molecular formula is C12H9ClN4O3S2. The highest BCUT2D eigenvalue weighted by atomic mass is 35.5. The molecule has 1 aliphatic carbocycles. The number of methoxy groups -OCH3 is 1. The molecule has 0 radical (unpaired) electrons. The number of nitrogens with one attached hydrogen (secondary N) is 1. The molecule has 1 aromatic heterocycles. The van der Waals surface area contributed by atoms with Crippen LogP contribution in [0.1, 0.15) is 12.1 Å².